The fraction of sp³-hybridized carbons (Fsp3) is 0.700. The van der Waals surface area contributed by atoms with Crippen LogP contribution in [0.5, 0.6) is 0 Å². The Bertz CT molecular complexity index is 247. The van der Waals surface area contributed by atoms with Gasteiger partial charge in [-0.25, -0.2) is 4.98 Å². The molecule has 0 spiro atoms. The molecule has 1 rings (SSSR count). The molecule has 0 saturated carbocycles. The van der Waals surface area contributed by atoms with Crippen LogP contribution in [0.2, 0.25) is 0 Å². The Hall–Kier alpha value is -0.450. The summed E-state index contributed by atoms with van der Waals surface area (Å²) in [7, 11) is 1.75. The summed E-state index contributed by atoms with van der Waals surface area (Å²) in [4.78, 5) is 4.20. The Morgan fingerprint density at radius 2 is 2.36 bits per heavy atom. The van der Waals surface area contributed by atoms with Gasteiger partial charge in [0.2, 0.25) is 0 Å². The van der Waals surface area contributed by atoms with Gasteiger partial charge in [-0.05, 0) is 26.8 Å². The molecule has 80 valence electrons. The number of methoxy groups -OCH3 is 1. The lowest BCUT2D eigenvalue weighted by molar-refractivity contribution is 0.0158. The van der Waals surface area contributed by atoms with E-state index in [4.69, 9.17) is 4.74 Å². The van der Waals surface area contributed by atoms with Gasteiger partial charge in [0.05, 0.1) is 5.60 Å². The Labute approximate surface area is 89.5 Å². The summed E-state index contributed by atoms with van der Waals surface area (Å²) in [5.41, 5.74) is -0.0319. The molecule has 1 aromatic heterocycles. The van der Waals surface area contributed by atoms with Crippen LogP contribution in [-0.2, 0) is 11.3 Å². The maximum Gasteiger partial charge on any atom is 0.106 e. The molecule has 1 aromatic rings. The number of nitrogens with one attached hydrogen (secondary N) is 1. The predicted molar refractivity (Wildman–Crippen MR) is 59.5 cm³/mol. The van der Waals surface area contributed by atoms with Gasteiger partial charge in [-0.1, -0.05) is 0 Å². The first-order chi connectivity index (χ1) is 6.64. The van der Waals surface area contributed by atoms with E-state index in [1.54, 1.807) is 18.4 Å². The summed E-state index contributed by atoms with van der Waals surface area (Å²) in [6.45, 7) is 6.01. The van der Waals surface area contributed by atoms with Gasteiger partial charge in [0, 0.05) is 25.2 Å². The van der Waals surface area contributed by atoms with E-state index < -0.39 is 0 Å². The molecule has 3 nitrogen and oxygen atoms in total. The highest BCUT2D eigenvalue weighted by Crippen LogP contribution is 2.11. The first-order valence-corrected chi connectivity index (χ1v) is 5.66. The van der Waals surface area contributed by atoms with Crippen molar-refractivity contribution in [1.29, 1.82) is 0 Å². The van der Waals surface area contributed by atoms with Crippen LogP contribution in [0.3, 0.4) is 0 Å². The Balaban J connectivity index is 2.11. The monoisotopic (exact) mass is 214 g/mol. The number of nitrogens with zero attached hydrogens (tertiary/aromatic N) is 1. The van der Waals surface area contributed by atoms with Crippen LogP contribution in [0.1, 0.15) is 25.3 Å². The average Bonchev–Trinajstić information content (AvgIpc) is 2.65. The number of hydrogen-bond donors (Lipinski definition) is 1. The Kier molecular flexibility index (Phi) is 4.51. The van der Waals surface area contributed by atoms with Crippen molar-refractivity contribution in [2.75, 3.05) is 13.7 Å². The molecule has 0 aliphatic heterocycles. The minimum absolute atomic E-state index is 0.0319. The molecule has 0 amide bonds. The van der Waals surface area contributed by atoms with Crippen LogP contribution >= 0.6 is 11.3 Å². The highest BCUT2D eigenvalue weighted by atomic mass is 32.1. The second-order valence-electron chi connectivity index (χ2n) is 3.82. The van der Waals surface area contributed by atoms with E-state index >= 15 is 0 Å². The van der Waals surface area contributed by atoms with Crippen LogP contribution in [0.4, 0.5) is 0 Å². The molecule has 0 aliphatic carbocycles. The first-order valence-electron chi connectivity index (χ1n) is 4.78. The lowest BCUT2D eigenvalue weighted by Crippen LogP contribution is -2.28. The Morgan fingerprint density at radius 3 is 2.93 bits per heavy atom. The van der Waals surface area contributed by atoms with Crippen LogP contribution in [-0.4, -0.2) is 24.2 Å². The van der Waals surface area contributed by atoms with Gasteiger partial charge in [-0.15, -0.1) is 11.3 Å². The first kappa shape index (κ1) is 11.6. The van der Waals surface area contributed by atoms with Crippen molar-refractivity contribution >= 4 is 11.3 Å². The third kappa shape index (κ3) is 4.17. The Morgan fingerprint density at radius 1 is 1.57 bits per heavy atom. The average molecular weight is 214 g/mol. The van der Waals surface area contributed by atoms with Crippen LogP contribution in [0, 0.1) is 0 Å². The summed E-state index contributed by atoms with van der Waals surface area (Å²) in [5, 5.41) is 6.48. The zero-order chi connectivity index (χ0) is 10.4. The highest BCUT2D eigenvalue weighted by Gasteiger charge is 2.14. The van der Waals surface area contributed by atoms with Crippen molar-refractivity contribution in [2.45, 2.75) is 32.4 Å². The smallest absolute Gasteiger partial charge is 0.106 e. The normalized spacial score (nSPS) is 11.9. The lowest BCUT2D eigenvalue weighted by atomic mass is 10.1. The van der Waals surface area contributed by atoms with E-state index in [2.05, 4.69) is 24.1 Å². The lowest BCUT2D eigenvalue weighted by Gasteiger charge is -2.22. The number of aromatic nitrogens is 1. The number of ether oxygens (including phenoxy) is 1. The van der Waals surface area contributed by atoms with Gasteiger partial charge in [0.1, 0.15) is 5.01 Å². The highest BCUT2D eigenvalue weighted by molar-refractivity contribution is 7.09. The second kappa shape index (κ2) is 5.44. The zero-order valence-electron chi connectivity index (χ0n) is 9.04. The maximum absolute atomic E-state index is 5.32. The molecule has 1 N–H and O–H groups in total. The third-order valence-electron chi connectivity index (χ3n) is 2.22. The topological polar surface area (TPSA) is 34.1 Å². The molecule has 0 aliphatic rings. The van der Waals surface area contributed by atoms with Crippen LogP contribution in [0.15, 0.2) is 11.6 Å². The van der Waals surface area contributed by atoms with Crippen LogP contribution < -0.4 is 5.32 Å². The van der Waals surface area contributed by atoms with Crippen molar-refractivity contribution in [3.63, 3.8) is 0 Å². The van der Waals surface area contributed by atoms with Crippen molar-refractivity contribution in [3.8, 4) is 0 Å². The standard InChI is InChI=1S/C10H18N2OS/c1-10(2,13-3)4-5-11-8-9-12-6-7-14-9/h6-7,11H,4-5,8H2,1-3H3. The summed E-state index contributed by atoms with van der Waals surface area (Å²) in [6, 6.07) is 0. The number of thiazole rings is 1. The molecule has 0 aromatic carbocycles. The van der Waals surface area contributed by atoms with E-state index in [1.807, 2.05) is 11.6 Å². The fourth-order valence-electron chi connectivity index (χ4n) is 1.03. The SMILES string of the molecule is COC(C)(C)CCNCc1nccs1. The van der Waals surface area contributed by atoms with Crippen molar-refractivity contribution in [3.05, 3.63) is 16.6 Å². The van der Waals surface area contributed by atoms with Gasteiger partial charge in [0.15, 0.2) is 0 Å². The third-order valence-corrected chi connectivity index (χ3v) is 3.00. The van der Waals surface area contributed by atoms with Crippen molar-refractivity contribution < 1.29 is 4.74 Å². The van der Waals surface area contributed by atoms with Crippen LogP contribution in [0.25, 0.3) is 0 Å². The van der Waals surface area contributed by atoms with Gasteiger partial charge in [-0.2, -0.15) is 0 Å². The van der Waals surface area contributed by atoms with Gasteiger partial charge in [0.25, 0.3) is 0 Å². The van der Waals surface area contributed by atoms with Crippen molar-refractivity contribution in [1.82, 2.24) is 10.3 Å². The molecule has 0 atom stereocenters. The molecule has 0 unspecified atom stereocenters. The van der Waals surface area contributed by atoms with E-state index in [-0.39, 0.29) is 5.60 Å². The van der Waals surface area contributed by atoms with Crippen molar-refractivity contribution in [2.24, 2.45) is 0 Å². The summed E-state index contributed by atoms with van der Waals surface area (Å²) >= 11 is 1.68. The quantitative estimate of drug-likeness (QED) is 0.736. The molecular formula is C10H18N2OS. The van der Waals surface area contributed by atoms with Gasteiger partial charge >= 0.3 is 0 Å². The minimum Gasteiger partial charge on any atom is -0.379 e. The predicted octanol–water partition coefficient (Wildman–Crippen LogP) is 2.05. The van der Waals surface area contributed by atoms with E-state index in [1.165, 1.54) is 0 Å². The number of rotatable bonds is 6. The van der Waals surface area contributed by atoms with Gasteiger partial charge in [-0.3, -0.25) is 0 Å². The summed E-state index contributed by atoms with van der Waals surface area (Å²) < 4.78 is 5.32. The summed E-state index contributed by atoms with van der Waals surface area (Å²) in [5.74, 6) is 0. The second-order valence-corrected chi connectivity index (χ2v) is 4.80. The molecule has 0 bridgehead atoms. The minimum atomic E-state index is -0.0319. The largest absolute Gasteiger partial charge is 0.379 e. The molecule has 0 saturated heterocycles. The van der Waals surface area contributed by atoms with Gasteiger partial charge < -0.3 is 10.1 Å². The molecular weight excluding hydrogens is 196 g/mol. The maximum atomic E-state index is 5.32. The van der Waals surface area contributed by atoms with E-state index in [0.29, 0.717) is 0 Å². The van der Waals surface area contributed by atoms with E-state index in [0.717, 1.165) is 24.5 Å². The van der Waals surface area contributed by atoms with E-state index in [9.17, 15) is 0 Å². The molecule has 0 fully saturated rings. The number of hydrogen-bond acceptors (Lipinski definition) is 4. The summed E-state index contributed by atoms with van der Waals surface area (Å²) in [6.07, 6.45) is 2.84. The molecule has 14 heavy (non-hydrogen) atoms. The fourth-order valence-corrected chi connectivity index (χ4v) is 1.61. The molecule has 0 radical (unpaired) electrons. The molecule has 1 heterocycles. The zero-order valence-corrected chi connectivity index (χ0v) is 9.86. The molecule has 4 heteroatoms.